The molecule has 0 aliphatic rings. The summed E-state index contributed by atoms with van der Waals surface area (Å²) in [5.74, 6) is -0.240. The molecule has 0 aliphatic heterocycles. The van der Waals surface area contributed by atoms with Gasteiger partial charge in [0.15, 0.2) is 23.9 Å². The number of sulfonamides is 1. The van der Waals surface area contributed by atoms with E-state index in [9.17, 15) is 18.0 Å². The minimum Gasteiger partial charge on any atom is -0.493 e. The molecule has 9 nitrogen and oxygen atoms in total. The molecule has 1 amide bonds. The Balaban J connectivity index is 1.39. The summed E-state index contributed by atoms with van der Waals surface area (Å²) in [6.45, 7) is 3.47. The number of rotatable bonds is 11. The van der Waals surface area contributed by atoms with E-state index in [1.807, 2.05) is 26.0 Å². The Morgan fingerprint density at radius 2 is 1.67 bits per heavy atom. The zero-order valence-corrected chi connectivity index (χ0v) is 25.7. The lowest BCUT2D eigenvalue weighted by atomic mass is 10.1. The molecule has 0 aromatic heterocycles. The highest BCUT2D eigenvalue weighted by Crippen LogP contribution is 2.28. The van der Waals surface area contributed by atoms with E-state index in [1.165, 1.54) is 49.7 Å². The van der Waals surface area contributed by atoms with Crippen molar-refractivity contribution >= 4 is 56.8 Å². The van der Waals surface area contributed by atoms with Crippen molar-refractivity contribution in [2.45, 2.75) is 18.7 Å². The molecule has 0 fully saturated rings. The standard InChI is InChI=1S/C31H27Cl2N3O6S/c1-19-7-11-27(20(2)13-19)36-43(39,40)24-6-4-5-23(15-24)31(38)35-34-17-21-8-12-29(30(14-21)41-3)42-18-28(37)22-9-10-25(32)26(33)16-22/h4-17,36H,18H2,1-3H3,(H,35,38)/b34-17-. The second-order valence-electron chi connectivity index (χ2n) is 9.40. The van der Waals surface area contributed by atoms with E-state index in [0.29, 0.717) is 33.3 Å². The van der Waals surface area contributed by atoms with Crippen molar-refractivity contribution in [2.24, 2.45) is 5.10 Å². The smallest absolute Gasteiger partial charge is 0.271 e. The summed E-state index contributed by atoms with van der Waals surface area (Å²) >= 11 is 11.9. The number of anilines is 1. The molecular formula is C31H27Cl2N3O6S. The van der Waals surface area contributed by atoms with Crippen molar-refractivity contribution in [1.82, 2.24) is 5.43 Å². The van der Waals surface area contributed by atoms with Crippen LogP contribution in [-0.4, -0.2) is 40.0 Å². The lowest BCUT2D eigenvalue weighted by Crippen LogP contribution is -2.19. The molecule has 0 bridgehead atoms. The van der Waals surface area contributed by atoms with Crippen LogP contribution in [0.15, 0.2) is 88.9 Å². The van der Waals surface area contributed by atoms with Crippen LogP contribution in [0.4, 0.5) is 5.69 Å². The van der Waals surface area contributed by atoms with Crippen LogP contribution < -0.4 is 19.6 Å². The van der Waals surface area contributed by atoms with Crippen molar-refractivity contribution in [3.8, 4) is 11.5 Å². The number of hydrazone groups is 1. The number of methoxy groups -OCH3 is 1. The maximum absolute atomic E-state index is 13.0. The Morgan fingerprint density at radius 3 is 2.40 bits per heavy atom. The summed E-state index contributed by atoms with van der Waals surface area (Å²) in [5, 5.41) is 4.58. The summed E-state index contributed by atoms with van der Waals surface area (Å²) in [5.41, 5.74) is 5.65. The van der Waals surface area contributed by atoms with Gasteiger partial charge in [-0.05, 0) is 85.6 Å². The van der Waals surface area contributed by atoms with Crippen LogP contribution in [0.2, 0.25) is 10.0 Å². The summed E-state index contributed by atoms with van der Waals surface area (Å²) in [7, 11) is -2.49. The molecule has 222 valence electrons. The van der Waals surface area contributed by atoms with Gasteiger partial charge in [-0.15, -0.1) is 0 Å². The summed E-state index contributed by atoms with van der Waals surface area (Å²) in [6, 6.07) is 20.4. The Kier molecular flexibility index (Phi) is 10.1. The third kappa shape index (κ3) is 8.13. The van der Waals surface area contributed by atoms with E-state index in [-0.39, 0.29) is 27.9 Å². The van der Waals surface area contributed by atoms with Gasteiger partial charge in [-0.3, -0.25) is 14.3 Å². The average Bonchev–Trinajstić information content (AvgIpc) is 2.99. The van der Waals surface area contributed by atoms with E-state index < -0.39 is 15.9 Å². The molecule has 4 aromatic carbocycles. The van der Waals surface area contributed by atoms with Crippen molar-refractivity contribution in [1.29, 1.82) is 0 Å². The first-order valence-electron chi connectivity index (χ1n) is 12.8. The number of Topliss-reactive ketones (excluding diaryl/α,β-unsaturated/α-hetero) is 1. The Bertz CT molecular complexity index is 1830. The van der Waals surface area contributed by atoms with Crippen molar-refractivity contribution in [3.05, 3.63) is 117 Å². The minimum absolute atomic E-state index is 0.0675. The monoisotopic (exact) mass is 639 g/mol. The van der Waals surface area contributed by atoms with Crippen LogP contribution in [0.1, 0.15) is 37.4 Å². The fourth-order valence-electron chi connectivity index (χ4n) is 3.95. The van der Waals surface area contributed by atoms with Gasteiger partial charge in [-0.1, -0.05) is 47.0 Å². The molecule has 0 saturated carbocycles. The molecule has 4 rings (SSSR count). The number of benzene rings is 4. The first-order chi connectivity index (χ1) is 20.5. The third-order valence-corrected chi connectivity index (χ3v) is 8.30. The lowest BCUT2D eigenvalue weighted by Gasteiger charge is -2.12. The fourth-order valence-corrected chi connectivity index (χ4v) is 5.42. The number of ketones is 1. The quantitative estimate of drug-likeness (QED) is 0.110. The molecule has 43 heavy (non-hydrogen) atoms. The van der Waals surface area contributed by atoms with Gasteiger partial charge in [0.1, 0.15) is 0 Å². The fraction of sp³-hybridized carbons (Fsp3) is 0.129. The molecule has 4 aromatic rings. The minimum atomic E-state index is -3.94. The number of amides is 1. The molecule has 0 atom stereocenters. The van der Waals surface area contributed by atoms with Gasteiger partial charge < -0.3 is 9.47 Å². The number of hydrogen-bond acceptors (Lipinski definition) is 7. The lowest BCUT2D eigenvalue weighted by molar-refractivity contribution is 0.0918. The van der Waals surface area contributed by atoms with E-state index in [1.54, 1.807) is 30.3 Å². The van der Waals surface area contributed by atoms with E-state index >= 15 is 0 Å². The maximum atomic E-state index is 13.0. The Labute approximate surface area is 259 Å². The summed E-state index contributed by atoms with van der Waals surface area (Å²) < 4.78 is 39.5. The van der Waals surface area contributed by atoms with Crippen LogP contribution in [0.3, 0.4) is 0 Å². The number of nitrogens with zero attached hydrogens (tertiary/aromatic N) is 1. The Hall–Kier alpha value is -4.38. The van der Waals surface area contributed by atoms with Gasteiger partial charge >= 0.3 is 0 Å². The first kappa shape index (κ1) is 31.6. The van der Waals surface area contributed by atoms with Gasteiger partial charge in [-0.2, -0.15) is 5.10 Å². The molecule has 12 heteroatoms. The topological polar surface area (TPSA) is 123 Å². The highest BCUT2D eigenvalue weighted by atomic mass is 35.5. The number of ether oxygens (including phenoxy) is 2. The predicted molar refractivity (Wildman–Crippen MR) is 168 cm³/mol. The highest BCUT2D eigenvalue weighted by Gasteiger charge is 2.18. The molecule has 0 radical (unpaired) electrons. The molecule has 0 spiro atoms. The first-order valence-corrected chi connectivity index (χ1v) is 15.0. The number of carbonyl (C=O) groups is 2. The number of nitrogens with one attached hydrogen (secondary N) is 2. The second-order valence-corrected chi connectivity index (χ2v) is 11.9. The normalized spacial score (nSPS) is 11.3. The number of aryl methyl sites for hydroxylation is 2. The summed E-state index contributed by atoms with van der Waals surface area (Å²) in [6.07, 6.45) is 1.38. The van der Waals surface area contributed by atoms with Gasteiger partial charge in [0, 0.05) is 11.1 Å². The van der Waals surface area contributed by atoms with Crippen molar-refractivity contribution in [2.75, 3.05) is 18.4 Å². The molecule has 2 N–H and O–H groups in total. The van der Waals surface area contributed by atoms with Crippen LogP contribution in [0.25, 0.3) is 0 Å². The zero-order chi connectivity index (χ0) is 31.1. The van der Waals surface area contributed by atoms with Crippen LogP contribution in [0, 0.1) is 13.8 Å². The third-order valence-electron chi connectivity index (χ3n) is 6.20. The molecule has 0 unspecified atom stereocenters. The van der Waals surface area contributed by atoms with Gasteiger partial charge in [0.25, 0.3) is 15.9 Å². The molecule has 0 aliphatic carbocycles. The van der Waals surface area contributed by atoms with Gasteiger partial charge in [-0.25, -0.2) is 13.8 Å². The number of carbonyl (C=O) groups excluding carboxylic acids is 2. The van der Waals surface area contributed by atoms with Gasteiger partial charge in [0.05, 0.1) is 34.0 Å². The van der Waals surface area contributed by atoms with E-state index in [4.69, 9.17) is 32.7 Å². The maximum Gasteiger partial charge on any atom is 0.271 e. The average molecular weight is 641 g/mol. The highest BCUT2D eigenvalue weighted by molar-refractivity contribution is 7.92. The van der Waals surface area contributed by atoms with Crippen LogP contribution >= 0.6 is 23.2 Å². The van der Waals surface area contributed by atoms with E-state index in [2.05, 4.69) is 15.2 Å². The van der Waals surface area contributed by atoms with Crippen molar-refractivity contribution < 1.29 is 27.5 Å². The zero-order valence-electron chi connectivity index (χ0n) is 23.4. The van der Waals surface area contributed by atoms with Crippen LogP contribution in [-0.2, 0) is 10.0 Å². The summed E-state index contributed by atoms with van der Waals surface area (Å²) in [4.78, 5) is 25.1. The van der Waals surface area contributed by atoms with Crippen molar-refractivity contribution in [3.63, 3.8) is 0 Å². The molecular weight excluding hydrogens is 613 g/mol. The molecule has 0 heterocycles. The molecule has 0 saturated heterocycles. The SMILES string of the molecule is COc1cc(/C=N\NC(=O)c2cccc(S(=O)(=O)Nc3ccc(C)cc3C)c2)ccc1OCC(=O)c1ccc(Cl)c(Cl)c1. The van der Waals surface area contributed by atoms with E-state index in [0.717, 1.165) is 11.1 Å². The largest absolute Gasteiger partial charge is 0.493 e. The number of hydrogen-bond donors (Lipinski definition) is 2. The van der Waals surface area contributed by atoms with Gasteiger partial charge in [0.2, 0.25) is 0 Å². The number of halogens is 2. The second kappa shape index (κ2) is 13.7. The predicted octanol–water partition coefficient (Wildman–Crippen LogP) is 6.45. The van der Waals surface area contributed by atoms with Crippen LogP contribution in [0.5, 0.6) is 11.5 Å². The Morgan fingerprint density at radius 1 is 0.884 bits per heavy atom.